The lowest BCUT2D eigenvalue weighted by molar-refractivity contribution is -0.274. The summed E-state index contributed by atoms with van der Waals surface area (Å²) in [6, 6.07) is 5.17. The summed E-state index contributed by atoms with van der Waals surface area (Å²) in [5.74, 6) is -0.533. The molecule has 0 fully saturated rings. The van der Waals surface area contributed by atoms with Crippen LogP contribution in [0.3, 0.4) is 0 Å². The van der Waals surface area contributed by atoms with Gasteiger partial charge in [-0.25, -0.2) is 13.1 Å². The third-order valence-electron chi connectivity index (χ3n) is 2.76. The van der Waals surface area contributed by atoms with E-state index in [-0.39, 0.29) is 11.4 Å². The Labute approximate surface area is 129 Å². The van der Waals surface area contributed by atoms with Gasteiger partial charge < -0.3 is 14.3 Å². The third kappa shape index (κ3) is 4.98. The molecule has 1 aromatic carbocycles. The minimum atomic E-state index is -4.85. The van der Waals surface area contributed by atoms with Gasteiger partial charge in [-0.15, -0.1) is 13.2 Å². The number of aliphatic hydroxyl groups excluding tert-OH is 1. The number of benzene rings is 1. The summed E-state index contributed by atoms with van der Waals surface area (Å²) in [6.07, 6.45) is -3.38. The van der Waals surface area contributed by atoms with Crippen molar-refractivity contribution < 1.29 is 35.8 Å². The number of halogens is 3. The van der Waals surface area contributed by atoms with E-state index < -0.39 is 28.2 Å². The fourth-order valence-electron chi connectivity index (χ4n) is 1.67. The van der Waals surface area contributed by atoms with Crippen LogP contribution >= 0.6 is 0 Å². The first kappa shape index (κ1) is 17.3. The number of aliphatic hydroxyl groups is 1. The van der Waals surface area contributed by atoms with Crippen LogP contribution in [-0.4, -0.2) is 26.4 Å². The molecule has 1 aromatic heterocycles. The molecule has 2 aromatic rings. The van der Waals surface area contributed by atoms with E-state index in [0.717, 1.165) is 24.3 Å². The molecule has 1 heterocycles. The fraction of sp³-hybridized carbons (Fsp3) is 0.231. The summed E-state index contributed by atoms with van der Waals surface area (Å²) in [7, 11) is -3.98. The Morgan fingerprint density at radius 3 is 2.39 bits per heavy atom. The first-order valence-electron chi connectivity index (χ1n) is 6.23. The van der Waals surface area contributed by atoms with Gasteiger partial charge in [0.1, 0.15) is 5.75 Å². The van der Waals surface area contributed by atoms with E-state index in [1.54, 1.807) is 0 Å². The minimum Gasteiger partial charge on any atom is -0.472 e. The molecule has 0 unspecified atom stereocenters. The second-order valence-corrected chi connectivity index (χ2v) is 6.21. The van der Waals surface area contributed by atoms with Gasteiger partial charge in [-0.2, -0.15) is 0 Å². The summed E-state index contributed by atoms with van der Waals surface area (Å²) in [5, 5.41) is 9.76. The predicted molar refractivity (Wildman–Crippen MR) is 72.0 cm³/mol. The van der Waals surface area contributed by atoms with Crippen molar-refractivity contribution in [3.8, 4) is 5.75 Å². The molecule has 0 spiro atoms. The fourth-order valence-corrected chi connectivity index (χ4v) is 2.71. The van der Waals surface area contributed by atoms with Crippen LogP contribution in [0.2, 0.25) is 0 Å². The van der Waals surface area contributed by atoms with Gasteiger partial charge in [0, 0.05) is 12.1 Å². The number of nitrogens with one attached hydrogen (secondary N) is 1. The van der Waals surface area contributed by atoms with Gasteiger partial charge in [0.05, 0.1) is 23.5 Å². The van der Waals surface area contributed by atoms with E-state index in [9.17, 15) is 26.7 Å². The minimum absolute atomic E-state index is 0.258. The van der Waals surface area contributed by atoms with Crippen molar-refractivity contribution in [3.63, 3.8) is 0 Å². The molecular weight excluding hydrogens is 339 g/mol. The van der Waals surface area contributed by atoms with Crippen LogP contribution in [0, 0.1) is 0 Å². The molecule has 10 heteroatoms. The molecule has 0 aliphatic heterocycles. The second-order valence-electron chi connectivity index (χ2n) is 4.44. The quantitative estimate of drug-likeness (QED) is 0.833. The maximum absolute atomic E-state index is 12.0. The highest BCUT2D eigenvalue weighted by Gasteiger charge is 2.31. The SMILES string of the molecule is O=S(=O)(NC[C@@H](O)c1ccoc1)c1ccc(OC(F)(F)F)cc1. The number of furan rings is 1. The summed E-state index contributed by atoms with van der Waals surface area (Å²) in [5.41, 5.74) is 0.390. The van der Waals surface area contributed by atoms with Crippen molar-refractivity contribution in [1.29, 1.82) is 0 Å². The van der Waals surface area contributed by atoms with Gasteiger partial charge in [0.15, 0.2) is 0 Å². The smallest absolute Gasteiger partial charge is 0.472 e. The topological polar surface area (TPSA) is 88.8 Å². The van der Waals surface area contributed by atoms with E-state index in [1.165, 1.54) is 18.6 Å². The summed E-state index contributed by atoms with van der Waals surface area (Å²) >= 11 is 0. The molecule has 0 saturated heterocycles. The van der Waals surface area contributed by atoms with Crippen LogP contribution in [0.5, 0.6) is 5.75 Å². The first-order valence-corrected chi connectivity index (χ1v) is 7.71. The molecule has 0 saturated carbocycles. The Kier molecular flexibility index (Phi) is 4.97. The van der Waals surface area contributed by atoms with Crippen LogP contribution in [-0.2, 0) is 10.0 Å². The largest absolute Gasteiger partial charge is 0.573 e. The van der Waals surface area contributed by atoms with Crippen LogP contribution in [0.25, 0.3) is 0 Å². The Morgan fingerprint density at radius 1 is 1.22 bits per heavy atom. The molecule has 0 aliphatic rings. The molecule has 2 rings (SSSR count). The normalized spacial score (nSPS) is 13.7. The highest BCUT2D eigenvalue weighted by atomic mass is 32.2. The van der Waals surface area contributed by atoms with Gasteiger partial charge >= 0.3 is 6.36 Å². The van der Waals surface area contributed by atoms with Crippen molar-refractivity contribution in [1.82, 2.24) is 4.72 Å². The van der Waals surface area contributed by atoms with Crippen LogP contribution < -0.4 is 9.46 Å². The van der Waals surface area contributed by atoms with E-state index in [4.69, 9.17) is 4.42 Å². The van der Waals surface area contributed by atoms with E-state index in [2.05, 4.69) is 9.46 Å². The Morgan fingerprint density at radius 2 is 1.87 bits per heavy atom. The van der Waals surface area contributed by atoms with Crippen molar-refractivity contribution in [2.24, 2.45) is 0 Å². The molecule has 2 N–H and O–H groups in total. The number of ether oxygens (including phenoxy) is 1. The van der Waals surface area contributed by atoms with Crippen LogP contribution in [0.1, 0.15) is 11.7 Å². The molecule has 0 amide bonds. The lowest BCUT2D eigenvalue weighted by Gasteiger charge is -2.12. The maximum Gasteiger partial charge on any atom is 0.573 e. The third-order valence-corrected chi connectivity index (χ3v) is 4.20. The number of rotatable bonds is 6. The summed E-state index contributed by atoms with van der Waals surface area (Å²) < 4.78 is 70.6. The standard InChI is InChI=1S/C13H12F3NO5S/c14-13(15,16)22-10-1-3-11(4-2-10)23(19,20)17-7-12(18)9-5-6-21-8-9/h1-6,8,12,17-18H,7H2/t12-/m1/s1. The number of sulfonamides is 1. The number of hydrogen-bond acceptors (Lipinski definition) is 5. The van der Waals surface area contributed by atoms with Crippen molar-refractivity contribution in [2.45, 2.75) is 17.4 Å². The van der Waals surface area contributed by atoms with Gasteiger partial charge in [-0.1, -0.05) is 0 Å². The Balaban J connectivity index is 2.02. The molecule has 6 nitrogen and oxygen atoms in total. The van der Waals surface area contributed by atoms with Crippen LogP contribution in [0.15, 0.2) is 52.2 Å². The first-order chi connectivity index (χ1) is 10.7. The van der Waals surface area contributed by atoms with Gasteiger partial charge in [-0.3, -0.25) is 0 Å². The van der Waals surface area contributed by atoms with Crippen molar-refractivity contribution >= 4 is 10.0 Å². The lowest BCUT2D eigenvalue weighted by atomic mass is 10.2. The van der Waals surface area contributed by atoms with Crippen molar-refractivity contribution in [3.05, 3.63) is 48.4 Å². The zero-order chi connectivity index (χ0) is 17.1. The maximum atomic E-state index is 12.0. The van der Waals surface area contributed by atoms with Gasteiger partial charge in [-0.05, 0) is 30.3 Å². The van der Waals surface area contributed by atoms with Crippen LogP contribution in [0.4, 0.5) is 13.2 Å². The van der Waals surface area contributed by atoms with Crippen molar-refractivity contribution in [2.75, 3.05) is 6.54 Å². The monoisotopic (exact) mass is 351 g/mol. The molecule has 126 valence electrons. The average Bonchev–Trinajstić information content (AvgIpc) is 2.98. The molecule has 1 atom stereocenters. The van der Waals surface area contributed by atoms with Gasteiger partial charge in [0.2, 0.25) is 10.0 Å². The molecule has 0 aliphatic carbocycles. The Bertz CT molecular complexity index is 726. The zero-order valence-electron chi connectivity index (χ0n) is 11.4. The molecule has 0 bridgehead atoms. The zero-order valence-corrected chi connectivity index (χ0v) is 12.3. The predicted octanol–water partition coefficient (Wildman–Crippen LogP) is 2.19. The van der Waals surface area contributed by atoms with Gasteiger partial charge in [0.25, 0.3) is 0 Å². The van der Waals surface area contributed by atoms with E-state index in [0.29, 0.717) is 5.56 Å². The highest BCUT2D eigenvalue weighted by Crippen LogP contribution is 2.24. The molecular formula is C13H12F3NO5S. The number of hydrogen-bond donors (Lipinski definition) is 2. The highest BCUT2D eigenvalue weighted by molar-refractivity contribution is 7.89. The van der Waals surface area contributed by atoms with E-state index >= 15 is 0 Å². The molecule has 0 radical (unpaired) electrons. The summed E-state index contributed by atoms with van der Waals surface area (Å²) in [6.45, 7) is -0.317. The Hall–Kier alpha value is -2.04. The second kappa shape index (κ2) is 6.60. The number of alkyl halides is 3. The molecule has 23 heavy (non-hydrogen) atoms. The van der Waals surface area contributed by atoms with E-state index in [1.807, 2.05) is 0 Å². The lowest BCUT2D eigenvalue weighted by Crippen LogP contribution is -2.28. The summed E-state index contributed by atoms with van der Waals surface area (Å²) in [4.78, 5) is -0.258. The average molecular weight is 351 g/mol.